The van der Waals surface area contributed by atoms with Crippen molar-refractivity contribution in [2.24, 2.45) is 7.05 Å². The van der Waals surface area contributed by atoms with Crippen molar-refractivity contribution in [2.45, 2.75) is 25.7 Å². The number of hydrogen-bond acceptors (Lipinski definition) is 6. The third kappa shape index (κ3) is 5.47. The predicted octanol–water partition coefficient (Wildman–Crippen LogP) is 4.33. The highest BCUT2D eigenvalue weighted by Crippen LogP contribution is 2.31. The van der Waals surface area contributed by atoms with Crippen LogP contribution < -0.4 is 9.80 Å². The van der Waals surface area contributed by atoms with Gasteiger partial charge in [0, 0.05) is 86.0 Å². The Balaban J connectivity index is 1.32. The first kappa shape index (κ1) is 25.2. The second kappa shape index (κ2) is 10.9. The number of nitrogens with zero attached hydrogens (tertiary/aromatic N) is 6. The molecule has 1 fully saturated rings. The molecule has 0 N–H and O–H groups in total. The average Bonchev–Trinajstić information content (AvgIpc) is 3.26. The standard InChI is InChI=1S/C27H31ClN6O3/c1-30-25-5-3-2-4-24(25)26(29-30)33(27(35)20-6-10-23(11-7-20)34(36)37)19-16-31-14-17-32(18-15-31)22-12-8-21(28)9-13-22/h6-13H,2-5,14-19H2,1H3. The molecule has 1 aromatic heterocycles. The summed E-state index contributed by atoms with van der Waals surface area (Å²) in [4.78, 5) is 30.9. The highest BCUT2D eigenvalue weighted by atomic mass is 35.5. The maximum absolute atomic E-state index is 13.7. The van der Waals surface area contributed by atoms with Gasteiger partial charge in [-0.25, -0.2) is 0 Å². The minimum Gasteiger partial charge on any atom is -0.369 e. The predicted molar refractivity (Wildman–Crippen MR) is 145 cm³/mol. The number of carbonyl (C=O) groups is 1. The summed E-state index contributed by atoms with van der Waals surface area (Å²) < 4.78 is 1.91. The van der Waals surface area contributed by atoms with E-state index in [0.717, 1.165) is 74.8 Å². The van der Waals surface area contributed by atoms with Gasteiger partial charge >= 0.3 is 0 Å². The van der Waals surface area contributed by atoms with Gasteiger partial charge in [-0.3, -0.25) is 29.4 Å². The summed E-state index contributed by atoms with van der Waals surface area (Å²) in [5, 5.41) is 16.6. The molecule has 10 heteroatoms. The molecule has 0 saturated carbocycles. The minimum atomic E-state index is -0.454. The zero-order valence-corrected chi connectivity index (χ0v) is 21.7. The molecule has 2 aromatic carbocycles. The number of anilines is 2. The van der Waals surface area contributed by atoms with E-state index < -0.39 is 4.92 Å². The molecular formula is C27H31ClN6O3. The second-order valence-corrected chi connectivity index (χ2v) is 10.1. The summed E-state index contributed by atoms with van der Waals surface area (Å²) in [7, 11) is 1.94. The Morgan fingerprint density at radius 2 is 1.70 bits per heavy atom. The van der Waals surface area contributed by atoms with E-state index >= 15 is 0 Å². The average molecular weight is 523 g/mol. The van der Waals surface area contributed by atoms with Crippen LogP contribution >= 0.6 is 11.6 Å². The maximum atomic E-state index is 13.7. The van der Waals surface area contributed by atoms with Crippen LogP contribution in [0.2, 0.25) is 5.02 Å². The normalized spacial score (nSPS) is 15.9. The minimum absolute atomic E-state index is 0.0307. The molecule has 0 unspecified atom stereocenters. The molecule has 0 atom stereocenters. The number of benzene rings is 2. The van der Waals surface area contributed by atoms with Crippen molar-refractivity contribution in [3.8, 4) is 0 Å². The fourth-order valence-corrected chi connectivity index (χ4v) is 5.40. The molecule has 1 amide bonds. The Kier molecular flexibility index (Phi) is 7.43. The van der Waals surface area contributed by atoms with Gasteiger partial charge in [0.2, 0.25) is 0 Å². The molecule has 2 aliphatic rings. The van der Waals surface area contributed by atoms with Gasteiger partial charge < -0.3 is 4.90 Å². The van der Waals surface area contributed by atoms with Crippen molar-refractivity contribution in [3.63, 3.8) is 0 Å². The van der Waals surface area contributed by atoms with Gasteiger partial charge in [0.25, 0.3) is 11.6 Å². The summed E-state index contributed by atoms with van der Waals surface area (Å²) in [6.07, 6.45) is 4.07. The van der Waals surface area contributed by atoms with E-state index in [9.17, 15) is 14.9 Å². The van der Waals surface area contributed by atoms with Crippen LogP contribution in [0.25, 0.3) is 0 Å². The summed E-state index contributed by atoms with van der Waals surface area (Å²) in [5.41, 5.74) is 3.90. The molecule has 194 valence electrons. The zero-order chi connectivity index (χ0) is 25.9. The number of non-ortho nitro benzene ring substituents is 1. The van der Waals surface area contributed by atoms with Gasteiger partial charge in [0.1, 0.15) is 0 Å². The molecule has 0 spiro atoms. The number of nitro benzene ring substituents is 1. The van der Waals surface area contributed by atoms with Crippen LogP contribution in [0.3, 0.4) is 0 Å². The Morgan fingerprint density at radius 3 is 2.38 bits per heavy atom. The Labute approximate surface area is 221 Å². The summed E-state index contributed by atoms with van der Waals surface area (Å²) in [5.74, 6) is 0.543. The van der Waals surface area contributed by atoms with E-state index in [4.69, 9.17) is 16.7 Å². The highest BCUT2D eigenvalue weighted by Gasteiger charge is 2.29. The zero-order valence-electron chi connectivity index (χ0n) is 21.0. The number of aryl methyl sites for hydroxylation is 1. The molecule has 3 aromatic rings. The number of rotatable bonds is 7. The maximum Gasteiger partial charge on any atom is 0.269 e. The van der Waals surface area contributed by atoms with Gasteiger partial charge in [0.05, 0.1) is 4.92 Å². The van der Waals surface area contributed by atoms with Crippen LogP contribution in [0.1, 0.15) is 34.5 Å². The lowest BCUT2D eigenvalue weighted by Crippen LogP contribution is -2.49. The van der Waals surface area contributed by atoms with Crippen molar-refractivity contribution < 1.29 is 9.72 Å². The first-order valence-electron chi connectivity index (χ1n) is 12.7. The van der Waals surface area contributed by atoms with Crippen molar-refractivity contribution in [2.75, 3.05) is 49.1 Å². The highest BCUT2D eigenvalue weighted by molar-refractivity contribution is 6.30. The topological polar surface area (TPSA) is 87.8 Å². The van der Waals surface area contributed by atoms with Gasteiger partial charge in [-0.15, -0.1) is 0 Å². The number of amides is 1. The lowest BCUT2D eigenvalue weighted by atomic mass is 9.97. The molecular weight excluding hydrogens is 492 g/mol. The van der Waals surface area contributed by atoms with E-state index in [1.165, 1.54) is 35.6 Å². The van der Waals surface area contributed by atoms with E-state index in [0.29, 0.717) is 12.1 Å². The Bertz CT molecular complexity index is 1270. The van der Waals surface area contributed by atoms with Crippen molar-refractivity contribution in [3.05, 3.63) is 80.5 Å². The number of fused-ring (bicyclic) bond motifs is 1. The van der Waals surface area contributed by atoms with Crippen LogP contribution in [0.15, 0.2) is 48.5 Å². The third-order valence-electron chi connectivity index (χ3n) is 7.37. The van der Waals surface area contributed by atoms with Crippen LogP contribution in [0.4, 0.5) is 17.2 Å². The van der Waals surface area contributed by atoms with Crippen LogP contribution in [0.5, 0.6) is 0 Å². The number of hydrogen-bond donors (Lipinski definition) is 0. The van der Waals surface area contributed by atoms with Crippen LogP contribution in [0, 0.1) is 10.1 Å². The van der Waals surface area contributed by atoms with Gasteiger partial charge in [0.15, 0.2) is 5.82 Å². The Hall–Kier alpha value is -3.43. The molecule has 2 heterocycles. The SMILES string of the molecule is Cn1nc(N(CCN2CCN(c3ccc(Cl)cc3)CC2)C(=O)c2ccc([N+](=O)[O-])cc2)c2c1CCCC2. The first-order valence-corrected chi connectivity index (χ1v) is 13.1. The number of piperazine rings is 1. The largest absolute Gasteiger partial charge is 0.369 e. The summed E-state index contributed by atoms with van der Waals surface area (Å²) in [6.45, 7) is 4.80. The van der Waals surface area contributed by atoms with E-state index in [1.54, 1.807) is 4.90 Å². The lowest BCUT2D eigenvalue weighted by molar-refractivity contribution is -0.384. The van der Waals surface area contributed by atoms with Gasteiger partial charge in [-0.1, -0.05) is 11.6 Å². The summed E-state index contributed by atoms with van der Waals surface area (Å²) in [6, 6.07) is 13.8. The lowest BCUT2D eigenvalue weighted by Gasteiger charge is -2.37. The van der Waals surface area contributed by atoms with Gasteiger partial charge in [-0.2, -0.15) is 5.10 Å². The van der Waals surface area contributed by atoms with Crippen LogP contribution in [-0.2, 0) is 19.9 Å². The fourth-order valence-electron chi connectivity index (χ4n) is 5.28. The molecule has 1 aliphatic carbocycles. The number of carbonyl (C=O) groups excluding carboxylic acids is 1. The molecule has 0 bridgehead atoms. The molecule has 9 nitrogen and oxygen atoms in total. The van der Waals surface area contributed by atoms with Crippen molar-refractivity contribution >= 4 is 34.7 Å². The molecule has 1 saturated heterocycles. The number of halogens is 1. The quantitative estimate of drug-likeness (QED) is 0.339. The number of nitro groups is 1. The van der Waals surface area contributed by atoms with Crippen LogP contribution in [-0.4, -0.2) is 64.8 Å². The van der Waals surface area contributed by atoms with Gasteiger partial charge in [-0.05, 0) is 62.1 Å². The smallest absolute Gasteiger partial charge is 0.269 e. The van der Waals surface area contributed by atoms with E-state index in [2.05, 4.69) is 9.80 Å². The van der Waals surface area contributed by atoms with E-state index in [1.807, 2.05) is 36.0 Å². The molecule has 1 aliphatic heterocycles. The number of aromatic nitrogens is 2. The molecule has 37 heavy (non-hydrogen) atoms. The summed E-state index contributed by atoms with van der Waals surface area (Å²) >= 11 is 6.04. The van der Waals surface area contributed by atoms with E-state index in [-0.39, 0.29) is 11.6 Å². The van der Waals surface area contributed by atoms with Crippen molar-refractivity contribution in [1.29, 1.82) is 0 Å². The second-order valence-electron chi connectivity index (χ2n) is 9.65. The third-order valence-corrected chi connectivity index (χ3v) is 7.63. The Morgan fingerprint density at radius 1 is 1.03 bits per heavy atom. The van der Waals surface area contributed by atoms with Crippen molar-refractivity contribution in [1.82, 2.24) is 14.7 Å². The first-order chi connectivity index (χ1) is 17.9. The molecule has 0 radical (unpaired) electrons. The fraction of sp³-hybridized carbons (Fsp3) is 0.407. The molecule has 5 rings (SSSR count). The monoisotopic (exact) mass is 522 g/mol.